The molecule has 0 N–H and O–H groups in total. The molecule has 91 heavy (non-hydrogen) atoms. The van der Waals surface area contributed by atoms with Crippen molar-refractivity contribution >= 4 is 109 Å². The first-order valence-electron chi connectivity index (χ1n) is 35.4. The molecule has 0 bridgehead atoms. The highest BCUT2D eigenvalue weighted by Gasteiger charge is 2.50. The van der Waals surface area contributed by atoms with Crippen molar-refractivity contribution in [1.82, 2.24) is 30.0 Å². The summed E-state index contributed by atoms with van der Waals surface area (Å²) in [4.78, 5) is 17.9. The van der Waals surface area contributed by atoms with E-state index >= 15 is 8.78 Å². The second-order valence-corrected chi connectivity index (χ2v) is 36.8. The Bertz CT molecular complexity index is 3700. The molecule has 486 valence electrons. The fraction of sp³-hybridized carbons (Fsp3) is 0.526. The van der Waals surface area contributed by atoms with Crippen LogP contribution in [0, 0.1) is 23.5 Å². The molecule has 2 aromatic carbocycles. The maximum atomic E-state index is 18.1. The molecule has 1 aliphatic heterocycles. The van der Waals surface area contributed by atoms with Crippen LogP contribution in [0.2, 0.25) is 12.1 Å². The Balaban J connectivity index is 1.05. The molecule has 0 aliphatic carbocycles. The molecule has 9 heterocycles. The molecule has 11 rings (SSSR count). The van der Waals surface area contributed by atoms with Gasteiger partial charge in [0.25, 0.3) is 0 Å². The summed E-state index contributed by atoms with van der Waals surface area (Å²) >= 11 is 10.8. The van der Waals surface area contributed by atoms with E-state index in [1.165, 1.54) is 126 Å². The SMILES string of the molecule is CCCCCCc1ccc(-c2ccc(-c3cc(F)c(-c4cc5c(s4)-c4sc(-c6c(F)cc(-c7ccc(-c8ccc(CCCCCC)s8)s7)c7nn(CCCCCC)nc67)cc4[Si]5(CC(CC)CCCC)CC(CC)CCCC)c4nn(CCCCCC)nc34)s2)s1. The molecule has 1 aliphatic rings. The molecule has 15 heteroatoms. The first-order valence-corrected chi connectivity index (χ1v) is 42.7. The van der Waals surface area contributed by atoms with Crippen molar-refractivity contribution in [2.75, 3.05) is 0 Å². The number of thiophene rings is 6. The Morgan fingerprint density at radius 2 is 0.736 bits per heavy atom. The van der Waals surface area contributed by atoms with Gasteiger partial charge < -0.3 is 0 Å². The van der Waals surface area contributed by atoms with E-state index < -0.39 is 8.07 Å². The number of nitrogens with zero attached hydrogens (tertiary/aromatic N) is 6. The quantitative estimate of drug-likeness (QED) is 0.0286. The first-order chi connectivity index (χ1) is 44.5. The summed E-state index contributed by atoms with van der Waals surface area (Å²) in [5.41, 5.74) is 5.58. The van der Waals surface area contributed by atoms with Crippen LogP contribution in [0.3, 0.4) is 0 Å². The van der Waals surface area contributed by atoms with E-state index in [0.29, 0.717) is 47.1 Å². The number of aromatic nitrogens is 6. The lowest BCUT2D eigenvalue weighted by atomic mass is 10.0. The third-order valence-electron chi connectivity index (χ3n) is 19.4. The van der Waals surface area contributed by atoms with Gasteiger partial charge in [-0.25, -0.2) is 8.78 Å². The number of benzene rings is 2. The number of aryl methyl sites for hydroxylation is 4. The van der Waals surface area contributed by atoms with E-state index in [-0.39, 0.29) is 11.6 Å². The average Bonchev–Trinajstić information content (AvgIpc) is 1.54. The molecular weight excluding hydrogens is 1260 g/mol. The third-order valence-corrected chi connectivity index (χ3v) is 32.5. The van der Waals surface area contributed by atoms with Crippen LogP contribution in [-0.4, -0.2) is 38.1 Å². The molecule has 2 atom stereocenters. The Morgan fingerprint density at radius 1 is 0.374 bits per heavy atom. The summed E-state index contributed by atoms with van der Waals surface area (Å²) < 4.78 is 36.2. The van der Waals surface area contributed by atoms with E-state index in [2.05, 4.69) is 116 Å². The van der Waals surface area contributed by atoms with Crippen LogP contribution in [0.15, 0.2) is 72.8 Å². The van der Waals surface area contributed by atoms with E-state index in [9.17, 15) is 0 Å². The van der Waals surface area contributed by atoms with E-state index in [4.69, 9.17) is 20.4 Å². The van der Waals surface area contributed by atoms with E-state index in [1.807, 2.05) is 32.3 Å². The van der Waals surface area contributed by atoms with Crippen molar-refractivity contribution in [1.29, 1.82) is 0 Å². The molecule has 0 saturated heterocycles. The van der Waals surface area contributed by atoms with E-state index in [1.54, 1.807) is 57.5 Å². The Labute approximate surface area is 567 Å². The van der Waals surface area contributed by atoms with Crippen molar-refractivity contribution in [3.05, 3.63) is 94.2 Å². The topological polar surface area (TPSA) is 61.4 Å². The highest BCUT2D eigenvalue weighted by Crippen LogP contribution is 2.52. The maximum Gasteiger partial charge on any atom is 0.134 e. The second kappa shape index (κ2) is 32.3. The fourth-order valence-corrected chi connectivity index (χ4v) is 29.0. The number of rotatable bonds is 38. The summed E-state index contributed by atoms with van der Waals surface area (Å²) in [6.07, 6.45) is 30.4. The monoisotopic (exact) mass is 1350 g/mol. The van der Waals surface area contributed by atoms with Gasteiger partial charge in [-0.2, -0.15) is 30.0 Å². The van der Waals surface area contributed by atoms with Crippen LogP contribution < -0.4 is 10.4 Å². The maximum absolute atomic E-state index is 18.1. The summed E-state index contributed by atoms with van der Waals surface area (Å²) in [6, 6.07) is 28.6. The molecule has 0 fully saturated rings. The van der Waals surface area contributed by atoms with Crippen LogP contribution in [0.4, 0.5) is 8.78 Å². The summed E-state index contributed by atoms with van der Waals surface area (Å²) in [5, 5.41) is 24.1. The summed E-state index contributed by atoms with van der Waals surface area (Å²) in [5.74, 6) is 0.580. The van der Waals surface area contributed by atoms with Crippen LogP contribution >= 0.6 is 68.0 Å². The molecule has 0 spiro atoms. The molecule has 10 aromatic rings. The van der Waals surface area contributed by atoms with Gasteiger partial charge in [0, 0.05) is 69.7 Å². The van der Waals surface area contributed by atoms with Gasteiger partial charge in [-0.1, -0.05) is 184 Å². The van der Waals surface area contributed by atoms with Crippen LogP contribution in [-0.2, 0) is 25.9 Å². The van der Waals surface area contributed by atoms with Crippen molar-refractivity contribution in [2.24, 2.45) is 11.8 Å². The minimum Gasteiger partial charge on any atom is -0.206 e. The highest BCUT2D eigenvalue weighted by molar-refractivity contribution is 7.32. The molecule has 2 unspecified atom stereocenters. The minimum absolute atomic E-state index is 0.248. The molecule has 8 aromatic heterocycles. The zero-order chi connectivity index (χ0) is 63.4. The number of hydrogen-bond acceptors (Lipinski definition) is 10. The Kier molecular flexibility index (Phi) is 24.1. The van der Waals surface area contributed by atoms with Gasteiger partial charge in [-0.3, -0.25) is 0 Å². The number of halogens is 2. The first kappa shape index (κ1) is 67.9. The van der Waals surface area contributed by atoms with Gasteiger partial charge in [-0.15, -0.1) is 68.0 Å². The second-order valence-electron chi connectivity index (χ2n) is 26.2. The number of unbranched alkanes of at least 4 members (excludes halogenated alkanes) is 14. The smallest absolute Gasteiger partial charge is 0.134 e. The van der Waals surface area contributed by atoms with Crippen molar-refractivity contribution < 1.29 is 8.78 Å². The van der Waals surface area contributed by atoms with Crippen LogP contribution in [0.25, 0.3) is 93.1 Å². The van der Waals surface area contributed by atoms with Gasteiger partial charge >= 0.3 is 0 Å². The Hall–Kier alpha value is -4.48. The normalized spacial score (nSPS) is 13.6. The van der Waals surface area contributed by atoms with Crippen LogP contribution in [0.5, 0.6) is 0 Å². The molecule has 0 saturated carbocycles. The van der Waals surface area contributed by atoms with E-state index in [0.717, 1.165) is 144 Å². The summed E-state index contributed by atoms with van der Waals surface area (Å²) in [6.45, 7) is 19.8. The lowest BCUT2D eigenvalue weighted by Crippen LogP contribution is -2.56. The van der Waals surface area contributed by atoms with Gasteiger partial charge in [0.15, 0.2) is 0 Å². The molecular formula is C76H98F2N6S6Si. The lowest BCUT2D eigenvalue weighted by molar-refractivity contribution is 0.469. The zero-order valence-corrected chi connectivity index (χ0v) is 61.6. The van der Waals surface area contributed by atoms with Crippen molar-refractivity contribution in [2.45, 2.75) is 248 Å². The fourth-order valence-electron chi connectivity index (χ4n) is 14.1. The zero-order valence-electron chi connectivity index (χ0n) is 55.7. The van der Waals surface area contributed by atoms with Gasteiger partial charge in [0.05, 0.1) is 24.2 Å². The average molecular weight is 1350 g/mol. The predicted octanol–water partition coefficient (Wildman–Crippen LogP) is 25.2. The Morgan fingerprint density at radius 3 is 1.13 bits per heavy atom. The summed E-state index contributed by atoms with van der Waals surface area (Å²) in [7, 11) is -2.68. The largest absolute Gasteiger partial charge is 0.206 e. The molecule has 0 radical (unpaired) electrons. The number of hydrogen-bond donors (Lipinski definition) is 0. The molecule has 0 amide bonds. The lowest BCUT2D eigenvalue weighted by Gasteiger charge is -2.35. The van der Waals surface area contributed by atoms with Gasteiger partial charge in [-0.05, 0) is 146 Å². The highest BCUT2D eigenvalue weighted by atomic mass is 32.1. The predicted molar refractivity (Wildman–Crippen MR) is 399 cm³/mol. The van der Waals surface area contributed by atoms with Crippen molar-refractivity contribution in [3.63, 3.8) is 0 Å². The van der Waals surface area contributed by atoms with Crippen LogP contribution in [0.1, 0.15) is 219 Å². The minimum atomic E-state index is -2.68. The van der Waals surface area contributed by atoms with Crippen molar-refractivity contribution in [3.8, 4) is 71.0 Å². The third kappa shape index (κ3) is 15.3. The van der Waals surface area contributed by atoms with Gasteiger partial charge in [0.1, 0.15) is 41.8 Å². The number of fused-ring (bicyclic) bond motifs is 5. The standard InChI is InChI=1S/C76H98F2N6S6Si/c1-9-17-23-27-33-53-35-37-61(85-53)63-41-39-59(87-63)55-45-57(77)69(73-71(55)79-83(81-73)43-29-25-19-11-3)65-47-67-75(89-65)76-68(91(67,49-51(15-7)31-21-13-5)50-52(16-8)32-22-14-6)48-66(90-76)70-58(78)46-56(72-74(70)82-84(80-72)44-30-26-20-12-4)60-40-42-64(88-60)62-38-36-54(86-62)34-28-24-18-10-2/h35-42,45-48,51-52H,9-34,43-44,49-50H2,1-8H3. The van der Waals surface area contributed by atoms with Gasteiger partial charge in [0.2, 0.25) is 0 Å². The molecule has 6 nitrogen and oxygen atoms in total.